The van der Waals surface area contributed by atoms with Crippen molar-refractivity contribution < 1.29 is 4.79 Å². The third-order valence-electron chi connectivity index (χ3n) is 5.02. The van der Waals surface area contributed by atoms with E-state index in [1.54, 1.807) is 0 Å². The van der Waals surface area contributed by atoms with Crippen molar-refractivity contribution in [1.29, 1.82) is 0 Å². The van der Waals surface area contributed by atoms with Gasteiger partial charge in [0.15, 0.2) is 0 Å². The summed E-state index contributed by atoms with van der Waals surface area (Å²) in [6.45, 7) is 7.79. The molecule has 3 rings (SSSR count). The summed E-state index contributed by atoms with van der Waals surface area (Å²) >= 11 is 12.1. The normalized spacial score (nSPS) is 15.1. The molecule has 0 heterocycles. The molecule has 0 bridgehead atoms. The van der Waals surface area contributed by atoms with Gasteiger partial charge in [0.2, 0.25) is 0 Å². The van der Waals surface area contributed by atoms with Crippen LogP contribution in [0.1, 0.15) is 36.0 Å². The van der Waals surface area contributed by atoms with Crippen molar-refractivity contribution in [2.45, 2.75) is 38.6 Å². The molecule has 26 heavy (non-hydrogen) atoms. The zero-order valence-corrected chi connectivity index (χ0v) is 16.5. The summed E-state index contributed by atoms with van der Waals surface area (Å²) in [5, 5.41) is 7.68. The fourth-order valence-corrected chi connectivity index (χ4v) is 3.56. The van der Waals surface area contributed by atoms with Crippen molar-refractivity contribution in [2.24, 2.45) is 0 Å². The molecule has 5 heteroatoms. The van der Waals surface area contributed by atoms with E-state index in [1.165, 1.54) is 0 Å². The number of nitrogens with one attached hydrogen (secondary N) is 2. The van der Waals surface area contributed by atoms with Gasteiger partial charge in [0.1, 0.15) is 0 Å². The molecule has 3 nitrogen and oxygen atoms in total. The Morgan fingerprint density at radius 3 is 2.31 bits per heavy atom. The van der Waals surface area contributed by atoms with Crippen LogP contribution in [0, 0.1) is 13.8 Å². The number of benzene rings is 2. The summed E-state index contributed by atoms with van der Waals surface area (Å²) in [4.78, 5) is 12.7. The van der Waals surface area contributed by atoms with E-state index in [4.69, 9.17) is 23.2 Å². The molecular weight excluding hydrogens is 367 g/mol. The zero-order chi connectivity index (χ0) is 18.9. The van der Waals surface area contributed by atoms with Gasteiger partial charge < -0.3 is 10.6 Å². The van der Waals surface area contributed by atoms with Crippen molar-refractivity contribution in [3.05, 3.63) is 75.4 Å². The summed E-state index contributed by atoms with van der Waals surface area (Å²) in [7, 11) is 0. The predicted octanol–water partition coefficient (Wildman–Crippen LogP) is 5.73. The van der Waals surface area contributed by atoms with Crippen molar-refractivity contribution in [1.82, 2.24) is 5.32 Å². The molecular formula is C21H22Cl2N2O. The van der Waals surface area contributed by atoms with Crippen LogP contribution >= 0.6 is 23.2 Å². The van der Waals surface area contributed by atoms with Crippen molar-refractivity contribution in [3.63, 3.8) is 0 Å². The minimum Gasteiger partial charge on any atom is -0.351 e. The molecule has 0 radical (unpaired) electrons. The molecule has 136 valence electrons. The second kappa shape index (κ2) is 7.34. The van der Waals surface area contributed by atoms with E-state index >= 15 is 0 Å². The Kier molecular flexibility index (Phi) is 5.31. The number of rotatable bonds is 5. The lowest BCUT2D eigenvalue weighted by Gasteiger charge is -2.43. The maximum atomic E-state index is 12.7. The van der Waals surface area contributed by atoms with E-state index in [0.717, 1.165) is 41.6 Å². The van der Waals surface area contributed by atoms with Crippen LogP contribution in [0.3, 0.4) is 0 Å². The van der Waals surface area contributed by atoms with E-state index in [1.807, 2.05) is 50.2 Å². The minimum absolute atomic E-state index is 0.202. The molecule has 2 N–H and O–H groups in total. The minimum atomic E-state index is -0.336. The van der Waals surface area contributed by atoms with E-state index < -0.39 is 0 Å². The number of halogens is 2. The van der Waals surface area contributed by atoms with Gasteiger partial charge in [-0.05, 0) is 74.1 Å². The van der Waals surface area contributed by atoms with Gasteiger partial charge in [-0.1, -0.05) is 41.9 Å². The van der Waals surface area contributed by atoms with Gasteiger partial charge in [-0.3, -0.25) is 4.79 Å². The average Bonchev–Trinajstić information content (AvgIpc) is 2.56. The van der Waals surface area contributed by atoms with Crippen molar-refractivity contribution >= 4 is 34.8 Å². The first-order valence-corrected chi connectivity index (χ1v) is 9.37. The molecule has 0 spiro atoms. The number of amides is 1. The van der Waals surface area contributed by atoms with Gasteiger partial charge in [0, 0.05) is 15.7 Å². The molecule has 2 aromatic carbocycles. The van der Waals surface area contributed by atoms with Crippen LogP contribution in [0.15, 0.2) is 48.7 Å². The number of hydrogen-bond donors (Lipinski definition) is 2. The number of anilines is 1. The zero-order valence-electron chi connectivity index (χ0n) is 15.0. The van der Waals surface area contributed by atoms with Crippen LogP contribution in [0.2, 0.25) is 10.0 Å². The predicted molar refractivity (Wildman–Crippen MR) is 109 cm³/mol. The highest BCUT2D eigenvalue weighted by Gasteiger charge is 2.40. The molecule has 2 aromatic rings. The van der Waals surface area contributed by atoms with Crippen molar-refractivity contribution in [3.8, 4) is 0 Å². The molecule has 0 atom stereocenters. The van der Waals surface area contributed by atoms with E-state index in [9.17, 15) is 4.79 Å². The summed E-state index contributed by atoms with van der Waals surface area (Å²) in [6, 6.07) is 11.5. The smallest absolute Gasteiger partial charge is 0.267 e. The van der Waals surface area contributed by atoms with Crippen LogP contribution in [-0.4, -0.2) is 5.91 Å². The summed E-state index contributed by atoms with van der Waals surface area (Å²) in [6.07, 6.45) is 2.90. The number of aryl methyl sites for hydroxylation is 2. The van der Waals surface area contributed by atoms with Gasteiger partial charge in [-0.25, -0.2) is 0 Å². The lowest BCUT2D eigenvalue weighted by atomic mass is 9.71. The van der Waals surface area contributed by atoms with Gasteiger partial charge >= 0.3 is 0 Å². The molecule has 1 saturated carbocycles. The number of hydrogen-bond acceptors (Lipinski definition) is 2. The molecule has 0 saturated heterocycles. The van der Waals surface area contributed by atoms with Gasteiger partial charge in [-0.2, -0.15) is 0 Å². The SMILES string of the molecule is C=C(Nc1cc(C)c(Cl)cc1C)C(=O)NC1(c2ccc(Cl)cc2)CCC1. The summed E-state index contributed by atoms with van der Waals surface area (Å²) in [5.41, 5.74) is 3.80. The Hall–Kier alpha value is -1.97. The topological polar surface area (TPSA) is 41.1 Å². The molecule has 1 fully saturated rings. The van der Waals surface area contributed by atoms with E-state index in [0.29, 0.717) is 15.7 Å². The summed E-state index contributed by atoms with van der Waals surface area (Å²) in [5.74, 6) is -0.202. The highest BCUT2D eigenvalue weighted by Crippen LogP contribution is 2.41. The second-order valence-corrected chi connectivity index (χ2v) is 7.76. The average molecular weight is 389 g/mol. The maximum absolute atomic E-state index is 12.7. The van der Waals surface area contributed by atoms with Gasteiger partial charge in [-0.15, -0.1) is 0 Å². The first-order valence-electron chi connectivity index (χ1n) is 8.62. The van der Waals surface area contributed by atoms with Crippen LogP contribution in [0.5, 0.6) is 0 Å². The van der Waals surface area contributed by atoms with E-state index in [2.05, 4.69) is 17.2 Å². The number of carbonyl (C=O) groups is 1. The van der Waals surface area contributed by atoms with Crippen LogP contribution < -0.4 is 10.6 Å². The van der Waals surface area contributed by atoms with Gasteiger partial charge in [0.25, 0.3) is 5.91 Å². The largest absolute Gasteiger partial charge is 0.351 e. The second-order valence-electron chi connectivity index (χ2n) is 6.92. The molecule has 0 aliphatic heterocycles. The monoisotopic (exact) mass is 388 g/mol. The third-order valence-corrected chi connectivity index (χ3v) is 5.68. The Labute approximate surface area is 164 Å². The lowest BCUT2D eigenvalue weighted by molar-refractivity contribution is -0.120. The molecule has 0 unspecified atom stereocenters. The Bertz CT molecular complexity index is 855. The molecule has 1 aliphatic carbocycles. The lowest BCUT2D eigenvalue weighted by Crippen LogP contribution is -2.51. The van der Waals surface area contributed by atoms with Crippen LogP contribution in [0.4, 0.5) is 5.69 Å². The fourth-order valence-electron chi connectivity index (χ4n) is 3.21. The Balaban J connectivity index is 1.73. The Morgan fingerprint density at radius 2 is 1.73 bits per heavy atom. The highest BCUT2D eigenvalue weighted by molar-refractivity contribution is 6.31. The highest BCUT2D eigenvalue weighted by atomic mass is 35.5. The van der Waals surface area contributed by atoms with Crippen molar-refractivity contribution in [2.75, 3.05) is 5.32 Å². The van der Waals surface area contributed by atoms with E-state index in [-0.39, 0.29) is 11.4 Å². The van der Waals surface area contributed by atoms with Crippen LogP contribution in [-0.2, 0) is 10.3 Å². The standard InChI is InChI=1S/C21H22Cl2N2O/c1-13-12-19(14(2)11-18(13)23)24-15(3)20(26)25-21(9-4-10-21)16-5-7-17(22)8-6-16/h5-8,11-12,24H,3-4,9-10H2,1-2H3,(H,25,26). The maximum Gasteiger partial charge on any atom is 0.267 e. The number of carbonyl (C=O) groups excluding carboxylic acids is 1. The third kappa shape index (κ3) is 3.74. The molecule has 0 aromatic heterocycles. The molecule has 1 aliphatic rings. The van der Waals surface area contributed by atoms with Crippen LogP contribution in [0.25, 0.3) is 0 Å². The van der Waals surface area contributed by atoms with Gasteiger partial charge in [0.05, 0.1) is 11.2 Å². The quantitative estimate of drug-likeness (QED) is 0.641. The fraction of sp³-hybridized carbons (Fsp3) is 0.286. The summed E-state index contributed by atoms with van der Waals surface area (Å²) < 4.78 is 0. The molecule has 1 amide bonds. The first kappa shape index (κ1) is 18.8. The first-order chi connectivity index (χ1) is 12.3. The Morgan fingerprint density at radius 1 is 1.08 bits per heavy atom.